The second-order valence-electron chi connectivity index (χ2n) is 6.81. The van der Waals surface area contributed by atoms with E-state index in [9.17, 15) is 31.4 Å². The molecule has 0 unspecified atom stereocenters. The summed E-state index contributed by atoms with van der Waals surface area (Å²) in [6.07, 6.45) is -10.4. The van der Waals surface area contributed by atoms with Crippen molar-refractivity contribution < 1.29 is 41.3 Å². The zero-order valence-corrected chi connectivity index (χ0v) is 17.0. The molecule has 2 aromatic carbocycles. The number of aliphatic hydroxyl groups excluding tert-OH is 2. The fraction of sp³-hybridized carbons (Fsp3) is 0.250. The summed E-state index contributed by atoms with van der Waals surface area (Å²) in [7, 11) is 0. The molecule has 4 N–H and O–H groups in total. The van der Waals surface area contributed by atoms with Crippen LogP contribution in [-0.2, 0) is 12.4 Å². The molecule has 1 heterocycles. The molecule has 14 heteroatoms. The van der Waals surface area contributed by atoms with Gasteiger partial charge in [0, 0.05) is 12.2 Å². The molecular weight excluding hydrogens is 472 g/mol. The summed E-state index contributed by atoms with van der Waals surface area (Å²) in [6, 6.07) is 7.54. The summed E-state index contributed by atoms with van der Waals surface area (Å²) < 4.78 is 83.1. The molecule has 0 saturated carbocycles. The molecule has 0 bridgehead atoms. The molecule has 3 rings (SSSR count). The Morgan fingerprint density at radius 3 is 2.12 bits per heavy atom. The van der Waals surface area contributed by atoms with Gasteiger partial charge >= 0.3 is 18.4 Å². The highest BCUT2D eigenvalue weighted by Crippen LogP contribution is 2.33. The number of hydrogen-bond donors (Lipinski definition) is 4. The van der Waals surface area contributed by atoms with E-state index < -0.39 is 42.2 Å². The SMILES string of the molecule is OC[C@H](O)CNc1nc(Nc2cccc(C(F)(F)F)c2)nc(Oc2cccc(C(F)(F)F)c2)n1. The Bertz CT molecular complexity index is 1050. The van der Waals surface area contributed by atoms with Crippen molar-refractivity contribution in [2.45, 2.75) is 18.5 Å². The summed E-state index contributed by atoms with van der Waals surface area (Å²) in [5.74, 6) is -0.774. The number of nitrogens with one attached hydrogen (secondary N) is 2. The summed E-state index contributed by atoms with van der Waals surface area (Å²) in [5.41, 5.74) is -1.95. The van der Waals surface area contributed by atoms with Crippen molar-refractivity contribution in [3.63, 3.8) is 0 Å². The van der Waals surface area contributed by atoms with Crippen molar-refractivity contribution >= 4 is 17.6 Å². The molecule has 1 atom stereocenters. The van der Waals surface area contributed by atoms with Crippen molar-refractivity contribution in [1.82, 2.24) is 15.0 Å². The number of nitrogens with zero attached hydrogens (tertiary/aromatic N) is 3. The van der Waals surface area contributed by atoms with Gasteiger partial charge in [-0.05, 0) is 36.4 Å². The standard InChI is InChI=1S/C20H17F6N5O3/c21-19(22,23)11-3-1-5-13(7-11)28-17-29-16(27-9-14(33)10-32)30-18(31-17)34-15-6-2-4-12(8-15)20(24,25)26/h1-8,14,32-33H,9-10H2,(H2,27,28,29,30,31)/t14-/m1/s1. The third-order valence-corrected chi connectivity index (χ3v) is 4.14. The molecule has 0 aliphatic heterocycles. The zero-order chi connectivity index (χ0) is 24.9. The maximum Gasteiger partial charge on any atom is 0.416 e. The fourth-order valence-corrected chi connectivity index (χ4v) is 2.55. The lowest BCUT2D eigenvalue weighted by molar-refractivity contribution is -0.138. The molecular formula is C20H17F6N5O3. The van der Waals surface area contributed by atoms with Crippen molar-refractivity contribution in [3.8, 4) is 11.8 Å². The van der Waals surface area contributed by atoms with Gasteiger partial charge in [0.15, 0.2) is 0 Å². The number of hydrogen-bond acceptors (Lipinski definition) is 8. The van der Waals surface area contributed by atoms with Crippen molar-refractivity contribution in [2.24, 2.45) is 0 Å². The summed E-state index contributed by atoms with van der Waals surface area (Å²) >= 11 is 0. The normalized spacial score (nSPS) is 12.8. The third-order valence-electron chi connectivity index (χ3n) is 4.14. The van der Waals surface area contributed by atoms with Gasteiger partial charge in [0.2, 0.25) is 11.9 Å². The maximum atomic E-state index is 13.0. The highest BCUT2D eigenvalue weighted by Gasteiger charge is 2.31. The number of aromatic nitrogens is 3. The van der Waals surface area contributed by atoms with Crippen LogP contribution in [-0.4, -0.2) is 44.4 Å². The molecule has 0 fully saturated rings. The van der Waals surface area contributed by atoms with Crippen LogP contribution in [0, 0.1) is 0 Å². The van der Waals surface area contributed by atoms with Gasteiger partial charge in [-0.2, -0.15) is 41.3 Å². The summed E-state index contributed by atoms with van der Waals surface area (Å²) in [4.78, 5) is 11.7. The van der Waals surface area contributed by atoms with E-state index in [-0.39, 0.29) is 29.9 Å². The predicted molar refractivity (Wildman–Crippen MR) is 108 cm³/mol. The molecule has 0 aliphatic carbocycles. The Balaban J connectivity index is 1.91. The van der Waals surface area contributed by atoms with E-state index in [1.807, 2.05) is 0 Å². The van der Waals surface area contributed by atoms with Crippen molar-refractivity contribution in [2.75, 3.05) is 23.8 Å². The number of halogens is 6. The molecule has 34 heavy (non-hydrogen) atoms. The monoisotopic (exact) mass is 489 g/mol. The molecule has 0 aliphatic rings. The quantitative estimate of drug-likeness (QED) is 0.348. The van der Waals surface area contributed by atoms with E-state index in [1.165, 1.54) is 12.1 Å². The number of aliphatic hydroxyl groups is 2. The van der Waals surface area contributed by atoms with Crippen LogP contribution in [0.3, 0.4) is 0 Å². The van der Waals surface area contributed by atoms with Crippen LogP contribution < -0.4 is 15.4 Å². The first-order valence-corrected chi connectivity index (χ1v) is 9.52. The van der Waals surface area contributed by atoms with Crippen LogP contribution in [0.4, 0.5) is 43.9 Å². The van der Waals surface area contributed by atoms with E-state index in [1.54, 1.807) is 0 Å². The lowest BCUT2D eigenvalue weighted by Gasteiger charge is -2.13. The Hall–Kier alpha value is -3.65. The first kappa shape index (κ1) is 25.0. The molecule has 182 valence electrons. The van der Waals surface area contributed by atoms with Crippen molar-refractivity contribution in [3.05, 3.63) is 59.7 Å². The molecule has 0 spiro atoms. The molecule has 8 nitrogen and oxygen atoms in total. The lowest BCUT2D eigenvalue weighted by atomic mass is 10.2. The number of anilines is 3. The lowest BCUT2D eigenvalue weighted by Crippen LogP contribution is -2.24. The highest BCUT2D eigenvalue weighted by atomic mass is 19.4. The van der Waals surface area contributed by atoms with Gasteiger partial charge in [-0.3, -0.25) is 0 Å². The smallest absolute Gasteiger partial charge is 0.416 e. The first-order chi connectivity index (χ1) is 15.9. The van der Waals surface area contributed by atoms with E-state index in [0.717, 1.165) is 30.3 Å². The average molecular weight is 489 g/mol. The number of rotatable bonds is 8. The number of alkyl halides is 6. The van der Waals surface area contributed by atoms with Gasteiger partial charge in [-0.25, -0.2) is 0 Å². The van der Waals surface area contributed by atoms with Gasteiger partial charge in [0.25, 0.3) is 0 Å². The molecule has 3 aromatic rings. The van der Waals surface area contributed by atoms with Crippen LogP contribution in [0.25, 0.3) is 0 Å². The molecule has 0 saturated heterocycles. The van der Waals surface area contributed by atoms with Gasteiger partial charge in [0.1, 0.15) is 5.75 Å². The Morgan fingerprint density at radius 1 is 0.853 bits per heavy atom. The second-order valence-corrected chi connectivity index (χ2v) is 6.81. The van der Waals surface area contributed by atoms with Gasteiger partial charge in [0.05, 0.1) is 23.8 Å². The summed E-state index contributed by atoms with van der Waals surface area (Å²) in [5, 5.41) is 23.5. The minimum absolute atomic E-state index is 0.0348. The minimum Gasteiger partial charge on any atom is -0.424 e. The Morgan fingerprint density at radius 2 is 1.47 bits per heavy atom. The topological polar surface area (TPSA) is 112 Å². The molecule has 0 amide bonds. The van der Waals surface area contributed by atoms with Gasteiger partial charge in [-0.1, -0.05) is 12.1 Å². The third kappa shape index (κ3) is 6.92. The summed E-state index contributed by atoms with van der Waals surface area (Å²) in [6.45, 7) is -0.798. The minimum atomic E-state index is -4.62. The maximum absolute atomic E-state index is 13.0. The van der Waals surface area contributed by atoms with Crippen LogP contribution in [0.1, 0.15) is 11.1 Å². The largest absolute Gasteiger partial charge is 0.424 e. The van der Waals surface area contributed by atoms with E-state index >= 15 is 0 Å². The molecule has 1 aromatic heterocycles. The van der Waals surface area contributed by atoms with E-state index in [2.05, 4.69) is 25.6 Å². The Labute approximate surface area is 188 Å². The number of benzene rings is 2. The van der Waals surface area contributed by atoms with Crippen LogP contribution in [0.2, 0.25) is 0 Å². The van der Waals surface area contributed by atoms with Crippen LogP contribution in [0.5, 0.6) is 11.8 Å². The molecule has 0 radical (unpaired) electrons. The highest BCUT2D eigenvalue weighted by molar-refractivity contribution is 5.56. The second kappa shape index (κ2) is 10.1. The first-order valence-electron chi connectivity index (χ1n) is 9.52. The van der Waals surface area contributed by atoms with Gasteiger partial charge < -0.3 is 25.6 Å². The van der Waals surface area contributed by atoms with E-state index in [0.29, 0.717) is 6.07 Å². The Kier molecular flexibility index (Phi) is 7.41. The van der Waals surface area contributed by atoms with Gasteiger partial charge in [-0.15, -0.1) is 0 Å². The zero-order valence-electron chi connectivity index (χ0n) is 17.0. The average Bonchev–Trinajstić information content (AvgIpc) is 2.76. The van der Waals surface area contributed by atoms with Crippen LogP contribution in [0.15, 0.2) is 48.5 Å². The predicted octanol–water partition coefficient (Wildman–Crippen LogP) is 4.21. The van der Waals surface area contributed by atoms with Crippen molar-refractivity contribution in [1.29, 1.82) is 0 Å². The fourth-order valence-electron chi connectivity index (χ4n) is 2.55. The van der Waals surface area contributed by atoms with Crippen LogP contribution >= 0.6 is 0 Å². The number of ether oxygens (including phenoxy) is 1. The van der Waals surface area contributed by atoms with E-state index in [4.69, 9.17) is 9.84 Å².